The van der Waals surface area contributed by atoms with E-state index < -0.39 is 0 Å². The molecule has 1 saturated carbocycles. The van der Waals surface area contributed by atoms with Gasteiger partial charge in [0.15, 0.2) is 0 Å². The smallest absolute Gasteiger partial charge is 0.136 e. The lowest BCUT2D eigenvalue weighted by Gasteiger charge is -2.28. The van der Waals surface area contributed by atoms with Gasteiger partial charge in [0.05, 0.1) is 0 Å². The van der Waals surface area contributed by atoms with E-state index in [1.165, 1.54) is 12.8 Å². The third-order valence-corrected chi connectivity index (χ3v) is 2.94. The first-order valence-electron chi connectivity index (χ1n) is 4.82. The first-order valence-corrected chi connectivity index (χ1v) is 4.82. The topological polar surface area (TPSA) is 17.1 Å². The van der Waals surface area contributed by atoms with Crippen molar-refractivity contribution < 1.29 is 4.79 Å². The van der Waals surface area contributed by atoms with Gasteiger partial charge < -0.3 is 0 Å². The predicted molar refractivity (Wildman–Crippen MR) is 46.4 cm³/mol. The van der Waals surface area contributed by atoms with Gasteiger partial charge >= 0.3 is 0 Å². The molecule has 0 heterocycles. The van der Waals surface area contributed by atoms with E-state index in [9.17, 15) is 4.79 Å². The lowest BCUT2D eigenvalue weighted by atomic mass is 9.76. The van der Waals surface area contributed by atoms with Gasteiger partial charge in [-0.25, -0.2) is 0 Å². The third-order valence-electron chi connectivity index (χ3n) is 2.94. The fraction of sp³-hybridized carbons (Fsp3) is 0.900. The summed E-state index contributed by atoms with van der Waals surface area (Å²) in [5.41, 5.74) is 0. The van der Waals surface area contributed by atoms with Crippen LogP contribution in [0.1, 0.15) is 46.0 Å². The van der Waals surface area contributed by atoms with E-state index in [1.807, 2.05) is 0 Å². The van der Waals surface area contributed by atoms with E-state index in [4.69, 9.17) is 0 Å². The van der Waals surface area contributed by atoms with Gasteiger partial charge in [-0.1, -0.05) is 20.3 Å². The van der Waals surface area contributed by atoms with Crippen molar-refractivity contribution in [3.8, 4) is 0 Å². The minimum Gasteiger partial charge on any atom is -0.299 e. The van der Waals surface area contributed by atoms with Crippen molar-refractivity contribution in [3.05, 3.63) is 0 Å². The van der Waals surface area contributed by atoms with Gasteiger partial charge in [-0.15, -0.1) is 0 Å². The second kappa shape index (κ2) is 3.89. The molecule has 0 radical (unpaired) electrons. The molecule has 1 heteroatoms. The van der Waals surface area contributed by atoms with Gasteiger partial charge in [0.25, 0.3) is 0 Å². The van der Waals surface area contributed by atoms with Crippen LogP contribution in [0.5, 0.6) is 0 Å². The fourth-order valence-electron chi connectivity index (χ4n) is 2.24. The Hall–Kier alpha value is -0.330. The van der Waals surface area contributed by atoms with E-state index >= 15 is 0 Å². The average molecular weight is 154 g/mol. The molecular formula is C10H18O. The molecule has 64 valence electrons. The average Bonchev–Trinajstić information content (AvgIpc) is 2.04. The van der Waals surface area contributed by atoms with E-state index in [0.717, 1.165) is 19.3 Å². The van der Waals surface area contributed by atoms with Crippen LogP contribution in [-0.4, -0.2) is 5.78 Å². The second-order valence-corrected chi connectivity index (χ2v) is 3.54. The van der Waals surface area contributed by atoms with Crippen LogP contribution in [-0.2, 0) is 4.79 Å². The number of hydrogen-bond acceptors (Lipinski definition) is 1. The van der Waals surface area contributed by atoms with Gasteiger partial charge in [0.2, 0.25) is 0 Å². The Morgan fingerprint density at radius 1 is 1.36 bits per heavy atom. The third kappa shape index (κ3) is 1.82. The number of rotatable bonds is 2. The number of carbonyl (C=O) groups excluding carboxylic acids is 1. The summed E-state index contributed by atoms with van der Waals surface area (Å²) in [6, 6.07) is 0. The van der Waals surface area contributed by atoms with Gasteiger partial charge in [-0.05, 0) is 25.2 Å². The molecule has 0 aliphatic heterocycles. The van der Waals surface area contributed by atoms with Crippen LogP contribution in [0, 0.1) is 11.8 Å². The molecule has 0 amide bonds. The Kier molecular flexibility index (Phi) is 3.10. The zero-order valence-electron chi connectivity index (χ0n) is 7.60. The van der Waals surface area contributed by atoms with Crippen molar-refractivity contribution in [2.24, 2.45) is 11.8 Å². The zero-order chi connectivity index (χ0) is 8.27. The zero-order valence-corrected chi connectivity index (χ0v) is 7.60. The lowest BCUT2D eigenvalue weighted by molar-refractivity contribution is -0.126. The highest BCUT2D eigenvalue weighted by molar-refractivity contribution is 5.81. The van der Waals surface area contributed by atoms with Crippen molar-refractivity contribution in [2.75, 3.05) is 0 Å². The molecule has 11 heavy (non-hydrogen) atoms. The normalized spacial score (nSPS) is 32.4. The van der Waals surface area contributed by atoms with E-state index in [0.29, 0.717) is 17.6 Å². The van der Waals surface area contributed by atoms with E-state index in [2.05, 4.69) is 13.8 Å². The van der Waals surface area contributed by atoms with Gasteiger partial charge in [-0.3, -0.25) is 4.79 Å². The largest absolute Gasteiger partial charge is 0.299 e. The summed E-state index contributed by atoms with van der Waals surface area (Å²) in [6.07, 6.45) is 5.49. The summed E-state index contributed by atoms with van der Waals surface area (Å²) in [6.45, 7) is 4.34. The molecule has 1 fully saturated rings. The van der Waals surface area contributed by atoms with Crippen LogP contribution in [0.25, 0.3) is 0 Å². The second-order valence-electron chi connectivity index (χ2n) is 3.54. The maximum absolute atomic E-state index is 11.4. The molecule has 1 nitrogen and oxygen atoms in total. The predicted octanol–water partition coefficient (Wildman–Crippen LogP) is 2.79. The van der Waals surface area contributed by atoms with Gasteiger partial charge in [0.1, 0.15) is 5.78 Å². The molecule has 0 bridgehead atoms. The highest BCUT2D eigenvalue weighted by Gasteiger charge is 2.28. The van der Waals surface area contributed by atoms with Gasteiger partial charge in [0, 0.05) is 12.3 Å². The number of ketones is 1. The van der Waals surface area contributed by atoms with Crippen molar-refractivity contribution in [2.45, 2.75) is 46.0 Å². The van der Waals surface area contributed by atoms with Crippen molar-refractivity contribution in [1.82, 2.24) is 0 Å². The molecule has 0 spiro atoms. The molecule has 1 rings (SSSR count). The molecule has 0 aromatic rings. The molecule has 0 N–H and O–H groups in total. The van der Waals surface area contributed by atoms with Crippen LogP contribution in [0.4, 0.5) is 0 Å². The quantitative estimate of drug-likeness (QED) is 0.597. The summed E-state index contributed by atoms with van der Waals surface area (Å²) in [5, 5.41) is 0. The van der Waals surface area contributed by atoms with Crippen LogP contribution in [0.2, 0.25) is 0 Å². The number of hydrogen-bond donors (Lipinski definition) is 0. The first-order chi connectivity index (χ1) is 5.29. The molecule has 1 aliphatic carbocycles. The molecular weight excluding hydrogens is 136 g/mol. The molecule has 0 aromatic heterocycles. The van der Waals surface area contributed by atoms with Crippen LogP contribution in [0.3, 0.4) is 0 Å². The fourth-order valence-corrected chi connectivity index (χ4v) is 2.24. The minimum atomic E-state index is 0.397. The highest BCUT2D eigenvalue weighted by atomic mass is 16.1. The molecule has 0 aromatic carbocycles. The standard InChI is InChI=1S/C10H18O/c1-3-8-6-5-7-10(11)9(8)4-2/h8-9H,3-7H2,1-2H3/t8-,9-/m0/s1. The summed E-state index contributed by atoms with van der Waals surface area (Å²) in [7, 11) is 0. The summed E-state index contributed by atoms with van der Waals surface area (Å²) < 4.78 is 0. The summed E-state index contributed by atoms with van der Waals surface area (Å²) >= 11 is 0. The van der Waals surface area contributed by atoms with E-state index in [1.54, 1.807) is 0 Å². The molecule has 1 aliphatic rings. The SMILES string of the molecule is CC[C@H]1CCCC(=O)[C@H]1CC. The Bertz CT molecular complexity index is 140. The summed E-state index contributed by atoms with van der Waals surface area (Å²) in [4.78, 5) is 11.4. The lowest BCUT2D eigenvalue weighted by Crippen LogP contribution is -2.27. The number of Topliss-reactive ketones (excluding diaryl/α,β-unsaturated/α-hetero) is 1. The monoisotopic (exact) mass is 154 g/mol. The Balaban J connectivity index is 2.56. The Morgan fingerprint density at radius 3 is 2.55 bits per heavy atom. The number of carbonyl (C=O) groups is 1. The Morgan fingerprint density at radius 2 is 2.09 bits per heavy atom. The molecule has 0 unspecified atom stereocenters. The van der Waals surface area contributed by atoms with Crippen LogP contribution >= 0.6 is 0 Å². The maximum atomic E-state index is 11.4. The molecule has 2 atom stereocenters. The highest BCUT2D eigenvalue weighted by Crippen LogP contribution is 2.31. The van der Waals surface area contributed by atoms with Gasteiger partial charge in [-0.2, -0.15) is 0 Å². The molecule has 0 saturated heterocycles. The summed E-state index contributed by atoms with van der Waals surface area (Å²) in [5.74, 6) is 1.61. The maximum Gasteiger partial charge on any atom is 0.136 e. The first kappa shape index (κ1) is 8.76. The van der Waals surface area contributed by atoms with Crippen LogP contribution < -0.4 is 0 Å². The van der Waals surface area contributed by atoms with Crippen molar-refractivity contribution in [3.63, 3.8) is 0 Å². The Labute approximate surface area is 69.2 Å². The van der Waals surface area contributed by atoms with E-state index in [-0.39, 0.29) is 0 Å². The minimum absolute atomic E-state index is 0.397. The van der Waals surface area contributed by atoms with Crippen LogP contribution in [0.15, 0.2) is 0 Å². The van der Waals surface area contributed by atoms with Crippen molar-refractivity contribution >= 4 is 5.78 Å². The van der Waals surface area contributed by atoms with Crippen molar-refractivity contribution in [1.29, 1.82) is 0 Å².